The highest BCUT2D eigenvalue weighted by molar-refractivity contribution is 6.30. The second-order valence-corrected chi connectivity index (χ2v) is 8.47. The second kappa shape index (κ2) is 8.70. The van der Waals surface area contributed by atoms with E-state index in [0.717, 1.165) is 37.7 Å². The Kier molecular flexibility index (Phi) is 6.00. The molecule has 0 spiro atoms. The molecule has 2 N–H and O–H groups in total. The highest BCUT2D eigenvalue weighted by atomic mass is 35.5. The van der Waals surface area contributed by atoms with Crippen LogP contribution in [0.3, 0.4) is 0 Å². The number of hydrazone groups is 1. The first-order chi connectivity index (χ1) is 14.9. The molecule has 1 aliphatic heterocycles. The van der Waals surface area contributed by atoms with Crippen molar-refractivity contribution in [2.24, 2.45) is 5.10 Å². The van der Waals surface area contributed by atoms with Crippen molar-refractivity contribution >= 4 is 23.2 Å². The van der Waals surface area contributed by atoms with Gasteiger partial charge in [-0.15, -0.1) is 0 Å². The lowest BCUT2D eigenvalue weighted by molar-refractivity contribution is -0.132. The summed E-state index contributed by atoms with van der Waals surface area (Å²) in [6.07, 6.45) is 5.02. The molecule has 1 aliphatic carbocycles. The minimum absolute atomic E-state index is 0.0458. The van der Waals surface area contributed by atoms with Crippen molar-refractivity contribution in [2.45, 2.75) is 64.0 Å². The lowest BCUT2D eigenvalue weighted by atomic mass is 9.95. The molecule has 0 unspecified atom stereocenters. The number of aromatic nitrogens is 2. The molecule has 0 radical (unpaired) electrons. The third-order valence-corrected chi connectivity index (χ3v) is 6.32. The van der Waals surface area contributed by atoms with Crippen LogP contribution in [0.2, 0.25) is 5.02 Å². The van der Waals surface area contributed by atoms with Crippen molar-refractivity contribution < 1.29 is 9.90 Å². The molecule has 0 bridgehead atoms. The van der Waals surface area contributed by atoms with E-state index in [9.17, 15) is 19.5 Å². The largest absolute Gasteiger partial charge is 0.494 e. The number of nitrogens with one attached hydrogen (secondary N) is 1. The van der Waals surface area contributed by atoms with Gasteiger partial charge in [-0.2, -0.15) is 5.10 Å². The maximum Gasteiger partial charge on any atom is 0.331 e. The quantitative estimate of drug-likeness (QED) is 0.752. The minimum atomic E-state index is -0.700. The zero-order valence-corrected chi connectivity index (χ0v) is 18.1. The molecule has 1 amide bonds. The van der Waals surface area contributed by atoms with E-state index in [1.54, 1.807) is 19.1 Å². The molecule has 31 heavy (non-hydrogen) atoms. The number of H-pyrrole nitrogens is 1. The first-order valence-electron chi connectivity index (χ1n) is 10.6. The van der Waals surface area contributed by atoms with Crippen LogP contribution in [0.5, 0.6) is 5.88 Å². The first kappa shape index (κ1) is 21.4. The third-order valence-electron chi connectivity index (χ3n) is 6.07. The van der Waals surface area contributed by atoms with Crippen LogP contribution in [-0.2, 0) is 4.79 Å². The number of hydrogen-bond acceptors (Lipinski definition) is 5. The Bertz CT molecular complexity index is 1130. The van der Waals surface area contributed by atoms with Gasteiger partial charge < -0.3 is 5.11 Å². The van der Waals surface area contributed by atoms with E-state index in [1.807, 2.05) is 12.1 Å². The zero-order valence-electron chi connectivity index (χ0n) is 17.3. The van der Waals surface area contributed by atoms with Crippen molar-refractivity contribution in [3.8, 4) is 5.88 Å². The summed E-state index contributed by atoms with van der Waals surface area (Å²) >= 11 is 6.00. The lowest BCUT2D eigenvalue weighted by Gasteiger charge is -2.25. The molecule has 4 rings (SSSR count). The molecular formula is C22H25ClN4O4. The normalized spacial score (nSPS) is 19.5. The zero-order chi connectivity index (χ0) is 22.1. The SMILES string of the molecule is CCC(=O)N1N=C(c2c(O)n(C3CCCCC3)c(=O)[nH]c2=O)C[C@H]1c1ccc(Cl)cc1. The summed E-state index contributed by atoms with van der Waals surface area (Å²) < 4.78 is 1.28. The summed E-state index contributed by atoms with van der Waals surface area (Å²) in [6, 6.07) is 6.50. The second-order valence-electron chi connectivity index (χ2n) is 8.03. The average molecular weight is 445 g/mol. The summed E-state index contributed by atoms with van der Waals surface area (Å²) in [5.74, 6) is -0.577. The molecule has 1 atom stereocenters. The summed E-state index contributed by atoms with van der Waals surface area (Å²) in [4.78, 5) is 40.1. The average Bonchev–Trinajstić information content (AvgIpc) is 3.19. The van der Waals surface area contributed by atoms with Crippen LogP contribution >= 0.6 is 11.6 Å². The topological polar surface area (TPSA) is 108 Å². The van der Waals surface area contributed by atoms with Gasteiger partial charge in [0.1, 0.15) is 5.56 Å². The highest BCUT2D eigenvalue weighted by Gasteiger charge is 2.35. The van der Waals surface area contributed by atoms with Crippen LogP contribution in [0, 0.1) is 0 Å². The molecule has 2 heterocycles. The Morgan fingerprint density at radius 3 is 2.52 bits per heavy atom. The molecule has 1 aromatic heterocycles. The number of nitrogens with zero attached hydrogens (tertiary/aromatic N) is 3. The monoisotopic (exact) mass is 444 g/mol. The Labute approximate surface area is 184 Å². The number of aromatic hydroxyl groups is 1. The first-order valence-corrected chi connectivity index (χ1v) is 11.0. The molecule has 1 fully saturated rings. The predicted octanol–water partition coefficient (Wildman–Crippen LogP) is 3.49. The smallest absolute Gasteiger partial charge is 0.331 e. The molecule has 164 valence electrons. The maximum absolute atomic E-state index is 12.7. The van der Waals surface area contributed by atoms with E-state index in [1.165, 1.54) is 9.58 Å². The van der Waals surface area contributed by atoms with E-state index in [2.05, 4.69) is 10.1 Å². The predicted molar refractivity (Wildman–Crippen MR) is 118 cm³/mol. The van der Waals surface area contributed by atoms with E-state index in [4.69, 9.17) is 11.6 Å². The van der Waals surface area contributed by atoms with Crippen LogP contribution in [0.25, 0.3) is 0 Å². The minimum Gasteiger partial charge on any atom is -0.494 e. The Morgan fingerprint density at radius 2 is 1.87 bits per heavy atom. The highest BCUT2D eigenvalue weighted by Crippen LogP contribution is 2.36. The standard InChI is InChI=1S/C22H25ClN4O4/c1-2-18(28)27-17(13-8-10-14(23)11-9-13)12-16(25-27)19-20(29)24-22(31)26(21(19)30)15-6-4-3-5-7-15/h8-11,15,17,30H,2-7,12H2,1H3,(H,24,29,31)/t17-/m0/s1. The summed E-state index contributed by atoms with van der Waals surface area (Å²) in [5, 5.41) is 17.3. The van der Waals surface area contributed by atoms with Crippen LogP contribution in [0.15, 0.2) is 39.0 Å². The van der Waals surface area contributed by atoms with Gasteiger partial charge in [-0.3, -0.25) is 19.1 Å². The van der Waals surface area contributed by atoms with E-state index < -0.39 is 17.3 Å². The van der Waals surface area contributed by atoms with Gasteiger partial charge in [0.05, 0.1) is 11.8 Å². The number of carbonyl (C=O) groups excluding carboxylic acids is 1. The van der Waals surface area contributed by atoms with Gasteiger partial charge in [-0.25, -0.2) is 9.80 Å². The van der Waals surface area contributed by atoms with E-state index in [-0.39, 0.29) is 41.9 Å². The van der Waals surface area contributed by atoms with Gasteiger partial charge in [-0.05, 0) is 30.5 Å². The fourth-order valence-corrected chi connectivity index (χ4v) is 4.60. The number of hydrogen-bond donors (Lipinski definition) is 2. The number of aromatic amines is 1. The van der Waals surface area contributed by atoms with E-state index >= 15 is 0 Å². The van der Waals surface area contributed by atoms with Crippen molar-refractivity contribution in [3.05, 3.63) is 61.3 Å². The van der Waals surface area contributed by atoms with Gasteiger partial charge >= 0.3 is 5.69 Å². The fraction of sp³-hybridized carbons (Fsp3) is 0.455. The van der Waals surface area contributed by atoms with Gasteiger partial charge in [0, 0.05) is 23.9 Å². The molecule has 1 aromatic carbocycles. The summed E-state index contributed by atoms with van der Waals surface area (Å²) in [6.45, 7) is 1.74. The van der Waals surface area contributed by atoms with Gasteiger partial charge in [0.2, 0.25) is 11.8 Å². The van der Waals surface area contributed by atoms with Crippen LogP contribution in [0.1, 0.15) is 75.1 Å². The van der Waals surface area contributed by atoms with Gasteiger partial charge in [0.25, 0.3) is 5.56 Å². The lowest BCUT2D eigenvalue weighted by Crippen LogP contribution is -2.36. The Balaban J connectivity index is 1.78. The van der Waals surface area contributed by atoms with E-state index in [0.29, 0.717) is 5.02 Å². The third kappa shape index (κ3) is 4.04. The number of rotatable bonds is 4. The Hall–Kier alpha value is -2.87. The van der Waals surface area contributed by atoms with Crippen molar-refractivity contribution in [3.63, 3.8) is 0 Å². The Morgan fingerprint density at radius 1 is 1.19 bits per heavy atom. The molecule has 1 saturated carbocycles. The number of carbonyl (C=O) groups is 1. The van der Waals surface area contributed by atoms with Crippen LogP contribution < -0.4 is 11.2 Å². The van der Waals surface area contributed by atoms with Crippen molar-refractivity contribution in [1.29, 1.82) is 0 Å². The molecule has 2 aromatic rings. The number of amides is 1. The number of benzene rings is 1. The molecule has 9 heteroatoms. The van der Waals surface area contributed by atoms with Crippen LogP contribution in [0.4, 0.5) is 0 Å². The van der Waals surface area contributed by atoms with Crippen LogP contribution in [-0.4, -0.2) is 31.3 Å². The molecule has 8 nitrogen and oxygen atoms in total. The molecule has 2 aliphatic rings. The van der Waals surface area contributed by atoms with Crippen molar-refractivity contribution in [1.82, 2.24) is 14.6 Å². The summed E-state index contributed by atoms with van der Waals surface area (Å²) in [7, 11) is 0. The maximum atomic E-state index is 12.7. The van der Waals surface area contributed by atoms with Crippen molar-refractivity contribution in [2.75, 3.05) is 0 Å². The fourth-order valence-electron chi connectivity index (χ4n) is 4.47. The van der Waals surface area contributed by atoms with Gasteiger partial charge in [0.15, 0.2) is 0 Å². The van der Waals surface area contributed by atoms with Gasteiger partial charge in [-0.1, -0.05) is 49.9 Å². The molecule has 0 saturated heterocycles. The number of halogens is 1. The molecular weight excluding hydrogens is 420 g/mol. The summed E-state index contributed by atoms with van der Waals surface area (Å²) in [5.41, 5.74) is -0.261.